The number of carbonyl (C=O) groups excluding carboxylic acids is 1. The molecule has 0 saturated heterocycles. The highest BCUT2D eigenvalue weighted by Crippen LogP contribution is 2.27. The molecule has 0 aromatic heterocycles. The first-order valence-corrected chi connectivity index (χ1v) is 6.69. The molecule has 0 bridgehead atoms. The van der Waals surface area contributed by atoms with E-state index < -0.39 is 0 Å². The van der Waals surface area contributed by atoms with Crippen LogP contribution in [0.2, 0.25) is 0 Å². The van der Waals surface area contributed by atoms with Gasteiger partial charge in [-0.3, -0.25) is 4.79 Å². The van der Waals surface area contributed by atoms with Gasteiger partial charge in [0.05, 0.1) is 5.92 Å². The molecule has 1 fully saturated rings. The first-order chi connectivity index (χ1) is 8.58. The van der Waals surface area contributed by atoms with Crippen LogP contribution >= 0.6 is 12.4 Å². The van der Waals surface area contributed by atoms with Crippen molar-refractivity contribution >= 4 is 18.3 Å². The van der Waals surface area contributed by atoms with Crippen molar-refractivity contribution in [2.24, 2.45) is 17.6 Å². The smallest absolute Gasteiger partial charge is 0.224 e. The molecule has 19 heavy (non-hydrogen) atoms. The van der Waals surface area contributed by atoms with Crippen LogP contribution in [0.4, 0.5) is 0 Å². The summed E-state index contributed by atoms with van der Waals surface area (Å²) in [6.45, 7) is 4.11. The quantitative estimate of drug-likeness (QED) is 0.892. The van der Waals surface area contributed by atoms with Gasteiger partial charge in [-0.2, -0.15) is 0 Å². The summed E-state index contributed by atoms with van der Waals surface area (Å²) in [5.41, 5.74) is 7.16. The second-order valence-electron chi connectivity index (χ2n) is 5.51. The molecule has 1 amide bonds. The van der Waals surface area contributed by atoms with Gasteiger partial charge in [0.2, 0.25) is 5.91 Å². The zero-order chi connectivity index (χ0) is 13.1. The lowest BCUT2D eigenvalue weighted by Crippen LogP contribution is -2.47. The van der Waals surface area contributed by atoms with Gasteiger partial charge in [0.25, 0.3) is 0 Å². The van der Waals surface area contributed by atoms with E-state index in [1.54, 1.807) is 0 Å². The van der Waals surface area contributed by atoms with Crippen LogP contribution in [0.15, 0.2) is 30.3 Å². The van der Waals surface area contributed by atoms with Crippen molar-refractivity contribution < 1.29 is 4.79 Å². The maximum absolute atomic E-state index is 12.1. The molecule has 2 unspecified atom stereocenters. The summed E-state index contributed by atoms with van der Waals surface area (Å²) < 4.78 is 0. The molecule has 0 radical (unpaired) electrons. The Bertz CT molecular complexity index is 404. The van der Waals surface area contributed by atoms with E-state index in [1.165, 1.54) is 0 Å². The molecule has 3 nitrogen and oxygen atoms in total. The van der Waals surface area contributed by atoms with Crippen molar-refractivity contribution in [3.05, 3.63) is 35.9 Å². The summed E-state index contributed by atoms with van der Waals surface area (Å²) in [6.07, 6.45) is 2.19. The van der Waals surface area contributed by atoms with E-state index in [1.807, 2.05) is 37.3 Å². The molecule has 3 N–H and O–H groups in total. The van der Waals surface area contributed by atoms with Crippen LogP contribution in [0.25, 0.3) is 0 Å². The van der Waals surface area contributed by atoms with Crippen LogP contribution in [-0.2, 0) is 4.79 Å². The number of nitrogens with two attached hydrogens (primary N) is 1. The molecule has 1 aromatic carbocycles. The van der Waals surface area contributed by atoms with Crippen LogP contribution in [0.5, 0.6) is 0 Å². The fraction of sp³-hybridized carbons (Fsp3) is 0.533. The highest BCUT2D eigenvalue weighted by atomic mass is 35.5. The van der Waals surface area contributed by atoms with Crippen LogP contribution in [0.1, 0.15) is 38.3 Å². The lowest BCUT2D eigenvalue weighted by atomic mass is 9.81. The number of halogens is 1. The Labute approximate surface area is 121 Å². The fourth-order valence-electron chi connectivity index (χ4n) is 2.48. The molecule has 106 valence electrons. The second-order valence-corrected chi connectivity index (χ2v) is 5.51. The molecule has 2 rings (SSSR count). The zero-order valence-corrected chi connectivity index (χ0v) is 12.3. The number of nitrogens with one attached hydrogen (secondary N) is 1. The Morgan fingerprint density at radius 3 is 2.42 bits per heavy atom. The van der Waals surface area contributed by atoms with Crippen molar-refractivity contribution in [2.75, 3.05) is 0 Å². The molecule has 1 aromatic rings. The van der Waals surface area contributed by atoms with E-state index >= 15 is 0 Å². The van der Waals surface area contributed by atoms with E-state index in [0.29, 0.717) is 6.04 Å². The zero-order valence-electron chi connectivity index (χ0n) is 11.5. The van der Waals surface area contributed by atoms with Gasteiger partial charge in [0, 0.05) is 12.1 Å². The molecule has 1 aliphatic rings. The molecule has 0 heterocycles. The van der Waals surface area contributed by atoms with Gasteiger partial charge in [-0.15, -0.1) is 12.4 Å². The third kappa shape index (κ3) is 3.95. The van der Waals surface area contributed by atoms with Gasteiger partial charge in [-0.05, 0) is 24.3 Å². The van der Waals surface area contributed by atoms with Crippen LogP contribution < -0.4 is 11.1 Å². The first kappa shape index (κ1) is 16.0. The van der Waals surface area contributed by atoms with Crippen LogP contribution in [-0.4, -0.2) is 11.9 Å². The Morgan fingerprint density at radius 2 is 1.89 bits per heavy atom. The van der Waals surface area contributed by atoms with Crippen molar-refractivity contribution in [1.29, 1.82) is 0 Å². The molecule has 4 heteroatoms. The van der Waals surface area contributed by atoms with Gasteiger partial charge in [0.1, 0.15) is 0 Å². The molecule has 0 spiro atoms. The highest BCUT2D eigenvalue weighted by molar-refractivity contribution is 5.85. The van der Waals surface area contributed by atoms with E-state index in [2.05, 4.69) is 12.2 Å². The Hall–Kier alpha value is -1.06. The summed E-state index contributed by atoms with van der Waals surface area (Å²) in [5.74, 6) is 0.625. The van der Waals surface area contributed by atoms with Gasteiger partial charge < -0.3 is 11.1 Å². The van der Waals surface area contributed by atoms with Crippen LogP contribution in [0, 0.1) is 11.8 Å². The number of hydrogen-bond acceptors (Lipinski definition) is 2. The molecule has 2 atom stereocenters. The van der Waals surface area contributed by atoms with E-state index in [9.17, 15) is 4.79 Å². The SMILES string of the molecule is CC1CC(NC(=O)C(C)C(N)c2ccccc2)C1.Cl. The fourth-order valence-corrected chi connectivity index (χ4v) is 2.48. The standard InChI is InChI=1S/C15H22N2O.ClH/c1-10-8-13(9-10)17-15(18)11(2)14(16)12-6-4-3-5-7-12;/h3-7,10-11,13-14H,8-9,16H2,1-2H3,(H,17,18);1H. The molecule has 1 aliphatic carbocycles. The number of amides is 1. The van der Waals surface area contributed by atoms with Gasteiger partial charge in [-0.25, -0.2) is 0 Å². The Kier molecular flexibility index (Phi) is 5.83. The predicted molar refractivity (Wildman–Crippen MR) is 80.1 cm³/mol. The lowest BCUT2D eigenvalue weighted by Gasteiger charge is -2.34. The highest BCUT2D eigenvalue weighted by Gasteiger charge is 2.29. The summed E-state index contributed by atoms with van der Waals surface area (Å²) in [7, 11) is 0. The summed E-state index contributed by atoms with van der Waals surface area (Å²) >= 11 is 0. The van der Waals surface area contributed by atoms with Crippen LogP contribution in [0.3, 0.4) is 0 Å². The van der Waals surface area contributed by atoms with Crippen molar-refractivity contribution in [1.82, 2.24) is 5.32 Å². The average Bonchev–Trinajstić information content (AvgIpc) is 2.36. The minimum atomic E-state index is -0.233. The Morgan fingerprint density at radius 1 is 1.32 bits per heavy atom. The normalized spacial score (nSPS) is 24.6. The number of rotatable bonds is 4. The van der Waals surface area contributed by atoms with E-state index in [4.69, 9.17) is 5.73 Å². The lowest BCUT2D eigenvalue weighted by molar-refractivity contribution is -0.126. The predicted octanol–water partition coefficient (Wildman–Crippen LogP) is 2.66. The topological polar surface area (TPSA) is 55.1 Å². The number of carbonyl (C=O) groups is 1. The summed E-state index contributed by atoms with van der Waals surface area (Å²) in [4.78, 5) is 12.1. The van der Waals surface area contributed by atoms with Gasteiger partial charge >= 0.3 is 0 Å². The summed E-state index contributed by atoms with van der Waals surface area (Å²) in [5, 5.41) is 3.08. The van der Waals surface area contributed by atoms with E-state index in [-0.39, 0.29) is 30.3 Å². The number of benzene rings is 1. The van der Waals surface area contributed by atoms with Crippen molar-refractivity contribution in [2.45, 2.75) is 38.8 Å². The largest absolute Gasteiger partial charge is 0.353 e. The summed E-state index contributed by atoms with van der Waals surface area (Å²) in [6, 6.07) is 9.93. The van der Waals surface area contributed by atoms with Crippen molar-refractivity contribution in [3.63, 3.8) is 0 Å². The minimum Gasteiger partial charge on any atom is -0.353 e. The molecule has 1 saturated carbocycles. The third-order valence-electron chi connectivity index (χ3n) is 3.86. The first-order valence-electron chi connectivity index (χ1n) is 6.69. The number of hydrogen-bond donors (Lipinski definition) is 2. The monoisotopic (exact) mass is 282 g/mol. The van der Waals surface area contributed by atoms with Gasteiger partial charge in [0.15, 0.2) is 0 Å². The molecular weight excluding hydrogens is 260 g/mol. The maximum Gasteiger partial charge on any atom is 0.224 e. The second kappa shape index (κ2) is 6.92. The average molecular weight is 283 g/mol. The maximum atomic E-state index is 12.1. The third-order valence-corrected chi connectivity index (χ3v) is 3.86. The Balaban J connectivity index is 0.00000180. The van der Waals surface area contributed by atoms with Gasteiger partial charge in [-0.1, -0.05) is 44.2 Å². The van der Waals surface area contributed by atoms with Crippen molar-refractivity contribution in [3.8, 4) is 0 Å². The molecular formula is C15H23ClN2O. The minimum absolute atomic E-state index is 0. The van der Waals surface area contributed by atoms with E-state index in [0.717, 1.165) is 24.3 Å². The molecule has 0 aliphatic heterocycles.